The van der Waals surface area contributed by atoms with Crippen LogP contribution in [0, 0.1) is 5.82 Å². The average molecular weight is 307 g/mol. The van der Waals surface area contributed by atoms with Crippen molar-refractivity contribution in [1.29, 1.82) is 0 Å². The van der Waals surface area contributed by atoms with Crippen molar-refractivity contribution < 1.29 is 4.39 Å². The molecule has 2 aromatic carbocycles. The van der Waals surface area contributed by atoms with Crippen molar-refractivity contribution in [1.82, 2.24) is 19.7 Å². The molecule has 4 aromatic rings. The predicted octanol–water partition coefficient (Wildman–Crippen LogP) is 3.35. The topological polar surface area (TPSA) is 72.5 Å². The van der Waals surface area contributed by atoms with E-state index >= 15 is 0 Å². The summed E-state index contributed by atoms with van der Waals surface area (Å²) in [6.07, 6.45) is 0. The first-order chi connectivity index (χ1) is 11.1. The second kappa shape index (κ2) is 4.95. The Kier molecular flexibility index (Phi) is 2.90. The number of nitrogens with two attached hydrogens (primary N) is 1. The van der Waals surface area contributed by atoms with Crippen LogP contribution in [0.4, 0.5) is 10.2 Å². The highest BCUT2D eigenvalue weighted by Crippen LogP contribution is 2.35. The summed E-state index contributed by atoms with van der Waals surface area (Å²) in [5.74, 6) is 0.796. The minimum Gasteiger partial charge on any atom is -0.382 e. The molecule has 0 unspecified atom stereocenters. The van der Waals surface area contributed by atoms with Crippen molar-refractivity contribution in [3.05, 3.63) is 54.3 Å². The van der Waals surface area contributed by atoms with Crippen molar-refractivity contribution in [3.63, 3.8) is 0 Å². The number of rotatable bonds is 2. The molecule has 0 spiro atoms. The van der Waals surface area contributed by atoms with E-state index in [1.165, 1.54) is 12.1 Å². The van der Waals surface area contributed by atoms with Gasteiger partial charge in [-0.3, -0.25) is 5.10 Å². The van der Waals surface area contributed by atoms with E-state index in [2.05, 4.69) is 15.2 Å². The highest BCUT2D eigenvalue weighted by molar-refractivity contribution is 5.89. The van der Waals surface area contributed by atoms with Crippen molar-refractivity contribution >= 4 is 16.9 Å². The number of nitrogens with one attached hydrogen (secondary N) is 1. The number of H-pyrrole nitrogens is 1. The van der Waals surface area contributed by atoms with Gasteiger partial charge in [-0.2, -0.15) is 5.10 Å². The second-order valence-electron chi connectivity index (χ2n) is 5.35. The van der Waals surface area contributed by atoms with Gasteiger partial charge < -0.3 is 10.3 Å². The first-order valence-electron chi connectivity index (χ1n) is 7.17. The largest absolute Gasteiger partial charge is 0.382 e. The van der Waals surface area contributed by atoms with E-state index in [1.54, 1.807) is 12.1 Å². The normalized spacial score (nSPS) is 11.2. The molecule has 0 aliphatic heterocycles. The zero-order valence-electron chi connectivity index (χ0n) is 12.4. The molecule has 3 N–H and O–H groups in total. The lowest BCUT2D eigenvalue weighted by Crippen LogP contribution is -1.96. The number of aromatic amines is 1. The first kappa shape index (κ1) is 13.5. The average Bonchev–Trinajstić information content (AvgIpc) is 3.09. The van der Waals surface area contributed by atoms with Gasteiger partial charge in [-0.25, -0.2) is 9.37 Å². The Hall–Kier alpha value is -3.15. The Morgan fingerprint density at radius 2 is 1.83 bits per heavy atom. The molecular formula is C17H14FN5. The van der Waals surface area contributed by atoms with Crippen LogP contribution in [0.3, 0.4) is 0 Å². The molecule has 0 amide bonds. The molecule has 2 aromatic heterocycles. The molecule has 6 heteroatoms. The minimum absolute atomic E-state index is 0.287. The molecule has 0 fully saturated rings. The third kappa shape index (κ3) is 2.07. The quantitative estimate of drug-likeness (QED) is 0.596. The van der Waals surface area contributed by atoms with E-state index in [0.717, 1.165) is 33.7 Å². The molecule has 0 saturated carbocycles. The number of aromatic nitrogens is 4. The van der Waals surface area contributed by atoms with E-state index in [0.29, 0.717) is 5.82 Å². The third-order valence-corrected chi connectivity index (χ3v) is 3.94. The summed E-state index contributed by atoms with van der Waals surface area (Å²) in [6.45, 7) is 0. The van der Waals surface area contributed by atoms with E-state index in [9.17, 15) is 4.39 Å². The Labute approximate surface area is 131 Å². The maximum atomic E-state index is 13.2. The Balaban J connectivity index is 1.96. The monoisotopic (exact) mass is 307 g/mol. The summed E-state index contributed by atoms with van der Waals surface area (Å²) in [7, 11) is 1.94. The molecule has 0 radical (unpaired) electrons. The summed E-state index contributed by atoms with van der Waals surface area (Å²) in [6, 6.07) is 14.1. The predicted molar refractivity (Wildman–Crippen MR) is 88.1 cm³/mol. The number of aryl methyl sites for hydroxylation is 1. The van der Waals surface area contributed by atoms with E-state index in [-0.39, 0.29) is 5.82 Å². The van der Waals surface area contributed by atoms with Gasteiger partial charge in [-0.05, 0) is 36.4 Å². The van der Waals surface area contributed by atoms with E-state index in [1.807, 2.05) is 35.9 Å². The summed E-state index contributed by atoms with van der Waals surface area (Å²) >= 11 is 0. The molecule has 0 atom stereocenters. The first-order valence-corrected chi connectivity index (χ1v) is 7.17. The number of fused-ring (bicyclic) bond motifs is 1. The number of hydrogen-bond acceptors (Lipinski definition) is 3. The summed E-state index contributed by atoms with van der Waals surface area (Å²) < 4.78 is 15.1. The zero-order chi connectivity index (χ0) is 16.0. The number of anilines is 1. The number of halogens is 1. The van der Waals surface area contributed by atoms with Crippen LogP contribution >= 0.6 is 0 Å². The number of imidazole rings is 1. The van der Waals surface area contributed by atoms with Gasteiger partial charge in [0.05, 0.1) is 22.3 Å². The number of nitrogen functional groups attached to an aromatic ring is 1. The molecule has 0 aliphatic rings. The smallest absolute Gasteiger partial charge is 0.156 e. The van der Waals surface area contributed by atoms with Gasteiger partial charge in [-0.1, -0.05) is 12.1 Å². The standard InChI is InChI=1S/C17H14FN5/c1-23-13-5-3-2-4-12(13)20-17(23)14-15(21-22-16(14)19)10-6-8-11(18)9-7-10/h2-9H,1H3,(H3,19,21,22). The molecular weight excluding hydrogens is 293 g/mol. The molecule has 0 bridgehead atoms. The van der Waals surface area contributed by atoms with Gasteiger partial charge in [0.25, 0.3) is 0 Å². The van der Waals surface area contributed by atoms with Gasteiger partial charge in [0.2, 0.25) is 0 Å². The molecule has 5 nitrogen and oxygen atoms in total. The van der Waals surface area contributed by atoms with E-state index < -0.39 is 0 Å². The van der Waals surface area contributed by atoms with Gasteiger partial charge in [-0.15, -0.1) is 0 Å². The van der Waals surface area contributed by atoms with Crippen LogP contribution in [-0.4, -0.2) is 19.7 Å². The van der Waals surface area contributed by atoms with Crippen LogP contribution < -0.4 is 5.73 Å². The Bertz CT molecular complexity index is 998. The number of hydrogen-bond donors (Lipinski definition) is 2. The van der Waals surface area contributed by atoms with Crippen molar-refractivity contribution in [2.24, 2.45) is 7.05 Å². The van der Waals surface area contributed by atoms with Gasteiger partial charge in [0, 0.05) is 12.6 Å². The van der Waals surface area contributed by atoms with Crippen molar-refractivity contribution in [2.75, 3.05) is 5.73 Å². The highest BCUT2D eigenvalue weighted by Gasteiger charge is 2.20. The molecule has 4 rings (SSSR count). The van der Waals surface area contributed by atoms with Crippen LogP contribution in [0.2, 0.25) is 0 Å². The molecule has 23 heavy (non-hydrogen) atoms. The number of nitrogens with zero attached hydrogens (tertiary/aromatic N) is 3. The van der Waals surface area contributed by atoms with E-state index in [4.69, 9.17) is 5.73 Å². The zero-order valence-corrected chi connectivity index (χ0v) is 12.4. The highest BCUT2D eigenvalue weighted by atomic mass is 19.1. The lowest BCUT2D eigenvalue weighted by Gasteiger charge is -2.05. The molecule has 0 saturated heterocycles. The second-order valence-corrected chi connectivity index (χ2v) is 5.35. The van der Waals surface area contributed by atoms with Gasteiger partial charge in [0.15, 0.2) is 5.82 Å². The molecule has 0 aliphatic carbocycles. The SMILES string of the molecule is Cn1c(-c2c(N)n[nH]c2-c2ccc(F)cc2)nc2ccccc21. The summed E-state index contributed by atoms with van der Waals surface area (Å²) in [5, 5.41) is 7.04. The number of para-hydroxylation sites is 2. The van der Waals surface area contributed by atoms with Crippen LogP contribution in [0.15, 0.2) is 48.5 Å². The van der Waals surface area contributed by atoms with Gasteiger partial charge >= 0.3 is 0 Å². The Morgan fingerprint density at radius 1 is 1.09 bits per heavy atom. The van der Waals surface area contributed by atoms with Crippen LogP contribution in [-0.2, 0) is 7.05 Å². The van der Waals surface area contributed by atoms with Crippen molar-refractivity contribution in [3.8, 4) is 22.6 Å². The maximum Gasteiger partial charge on any atom is 0.156 e. The Morgan fingerprint density at radius 3 is 2.57 bits per heavy atom. The fraction of sp³-hybridized carbons (Fsp3) is 0.0588. The maximum absolute atomic E-state index is 13.2. The fourth-order valence-corrected chi connectivity index (χ4v) is 2.78. The minimum atomic E-state index is -0.287. The van der Waals surface area contributed by atoms with Crippen LogP contribution in [0.5, 0.6) is 0 Å². The molecule has 114 valence electrons. The summed E-state index contributed by atoms with van der Waals surface area (Å²) in [4.78, 5) is 4.67. The van der Waals surface area contributed by atoms with Gasteiger partial charge in [0.1, 0.15) is 11.6 Å². The number of benzene rings is 2. The molecule has 2 heterocycles. The van der Waals surface area contributed by atoms with Crippen molar-refractivity contribution in [2.45, 2.75) is 0 Å². The third-order valence-electron chi connectivity index (χ3n) is 3.94. The van der Waals surface area contributed by atoms with Crippen LogP contribution in [0.1, 0.15) is 0 Å². The lowest BCUT2D eigenvalue weighted by molar-refractivity contribution is 0.628. The lowest BCUT2D eigenvalue weighted by atomic mass is 10.1. The van der Waals surface area contributed by atoms with Crippen LogP contribution in [0.25, 0.3) is 33.7 Å². The fourth-order valence-electron chi connectivity index (χ4n) is 2.78. The summed E-state index contributed by atoms with van der Waals surface area (Å²) in [5.41, 5.74) is 10.2.